The summed E-state index contributed by atoms with van der Waals surface area (Å²) in [5.74, 6) is 0.674. The molecule has 0 bridgehead atoms. The van der Waals surface area contributed by atoms with Crippen molar-refractivity contribution in [3.05, 3.63) is 57.8 Å². The lowest BCUT2D eigenvalue weighted by Gasteiger charge is -2.23. The number of hydrogen-bond acceptors (Lipinski definition) is 2. The molecule has 0 spiro atoms. The molecule has 0 aliphatic heterocycles. The average molecular weight is 257 g/mol. The van der Waals surface area contributed by atoms with Gasteiger partial charge in [-0.05, 0) is 48.9 Å². The van der Waals surface area contributed by atoms with E-state index in [9.17, 15) is 0 Å². The molecule has 1 aliphatic carbocycles. The van der Waals surface area contributed by atoms with E-state index in [1.54, 1.807) is 11.1 Å². The SMILES string of the molecule is CNC(Cc1cccs1)C1CCc2ccccc21. The number of rotatable bonds is 4. The van der Waals surface area contributed by atoms with E-state index in [1.807, 2.05) is 11.3 Å². The van der Waals surface area contributed by atoms with Gasteiger partial charge in [0, 0.05) is 16.8 Å². The van der Waals surface area contributed by atoms with Gasteiger partial charge in [-0.25, -0.2) is 0 Å². The van der Waals surface area contributed by atoms with E-state index < -0.39 is 0 Å². The summed E-state index contributed by atoms with van der Waals surface area (Å²) in [4.78, 5) is 1.48. The first kappa shape index (κ1) is 11.9. The molecule has 1 nitrogen and oxygen atoms in total. The molecule has 0 amide bonds. The number of hydrogen-bond donors (Lipinski definition) is 1. The van der Waals surface area contributed by atoms with Crippen molar-refractivity contribution in [2.75, 3.05) is 7.05 Å². The maximum absolute atomic E-state index is 3.53. The van der Waals surface area contributed by atoms with Gasteiger partial charge in [-0.3, -0.25) is 0 Å². The van der Waals surface area contributed by atoms with E-state index in [4.69, 9.17) is 0 Å². The Bertz CT molecular complexity index is 504. The molecule has 0 radical (unpaired) electrons. The van der Waals surface area contributed by atoms with Gasteiger partial charge in [0.15, 0.2) is 0 Å². The fourth-order valence-electron chi connectivity index (χ4n) is 3.10. The van der Waals surface area contributed by atoms with Crippen LogP contribution in [0, 0.1) is 0 Å². The number of fused-ring (bicyclic) bond motifs is 1. The zero-order valence-corrected chi connectivity index (χ0v) is 11.5. The van der Waals surface area contributed by atoms with Crippen LogP contribution in [0.3, 0.4) is 0 Å². The van der Waals surface area contributed by atoms with Gasteiger partial charge in [-0.15, -0.1) is 11.3 Å². The zero-order valence-electron chi connectivity index (χ0n) is 10.7. The summed E-state index contributed by atoms with van der Waals surface area (Å²) in [6.45, 7) is 0. The molecular formula is C16H19NS. The molecule has 2 atom stereocenters. The second kappa shape index (κ2) is 5.25. The highest BCUT2D eigenvalue weighted by atomic mass is 32.1. The van der Waals surface area contributed by atoms with Crippen molar-refractivity contribution in [3.8, 4) is 0 Å². The molecule has 1 N–H and O–H groups in total. The van der Waals surface area contributed by atoms with Crippen LogP contribution in [0.25, 0.3) is 0 Å². The second-order valence-electron chi connectivity index (χ2n) is 5.02. The van der Waals surface area contributed by atoms with E-state index in [0.717, 1.165) is 6.42 Å². The normalized spacial score (nSPS) is 19.7. The predicted molar refractivity (Wildman–Crippen MR) is 78.4 cm³/mol. The van der Waals surface area contributed by atoms with Crippen LogP contribution in [0.5, 0.6) is 0 Å². The molecule has 94 valence electrons. The van der Waals surface area contributed by atoms with Crippen molar-refractivity contribution in [2.24, 2.45) is 0 Å². The van der Waals surface area contributed by atoms with Crippen LogP contribution in [0.2, 0.25) is 0 Å². The topological polar surface area (TPSA) is 12.0 Å². The van der Waals surface area contributed by atoms with Crippen LogP contribution in [0.15, 0.2) is 41.8 Å². The van der Waals surface area contributed by atoms with E-state index in [2.05, 4.69) is 54.1 Å². The highest BCUT2D eigenvalue weighted by Gasteiger charge is 2.28. The van der Waals surface area contributed by atoms with Crippen LogP contribution >= 0.6 is 11.3 Å². The summed E-state index contributed by atoms with van der Waals surface area (Å²) in [6, 6.07) is 13.9. The van der Waals surface area contributed by atoms with Crippen LogP contribution < -0.4 is 5.32 Å². The molecule has 0 saturated heterocycles. The van der Waals surface area contributed by atoms with Gasteiger partial charge in [-0.2, -0.15) is 0 Å². The maximum Gasteiger partial charge on any atom is 0.0181 e. The van der Waals surface area contributed by atoms with Gasteiger partial charge in [0.05, 0.1) is 0 Å². The minimum absolute atomic E-state index is 0.562. The zero-order chi connectivity index (χ0) is 12.4. The van der Waals surface area contributed by atoms with Crippen molar-refractivity contribution >= 4 is 11.3 Å². The Morgan fingerprint density at radius 1 is 1.28 bits per heavy atom. The number of benzene rings is 1. The third-order valence-corrected chi connectivity index (χ3v) is 4.94. The average Bonchev–Trinajstić information content (AvgIpc) is 3.05. The fourth-order valence-corrected chi connectivity index (χ4v) is 3.86. The first-order chi connectivity index (χ1) is 8.88. The number of nitrogens with one attached hydrogen (secondary N) is 1. The van der Waals surface area contributed by atoms with Crippen molar-refractivity contribution in [1.29, 1.82) is 0 Å². The smallest absolute Gasteiger partial charge is 0.0181 e. The lowest BCUT2D eigenvalue weighted by atomic mass is 9.91. The minimum Gasteiger partial charge on any atom is -0.316 e. The molecule has 1 aromatic heterocycles. The van der Waals surface area contributed by atoms with Gasteiger partial charge >= 0.3 is 0 Å². The van der Waals surface area contributed by atoms with Crippen molar-refractivity contribution in [3.63, 3.8) is 0 Å². The van der Waals surface area contributed by atoms with Gasteiger partial charge < -0.3 is 5.32 Å². The molecule has 0 fully saturated rings. The lowest BCUT2D eigenvalue weighted by molar-refractivity contribution is 0.458. The summed E-state index contributed by atoms with van der Waals surface area (Å²) in [5, 5.41) is 5.70. The van der Waals surface area contributed by atoms with Crippen molar-refractivity contribution in [2.45, 2.75) is 31.2 Å². The molecule has 2 aromatic rings. The Morgan fingerprint density at radius 2 is 2.17 bits per heavy atom. The third kappa shape index (κ3) is 2.23. The molecule has 2 heteroatoms. The molecule has 1 aromatic carbocycles. The van der Waals surface area contributed by atoms with Crippen LogP contribution in [0.4, 0.5) is 0 Å². The Hall–Kier alpha value is -1.12. The highest BCUT2D eigenvalue weighted by Crippen LogP contribution is 2.36. The highest BCUT2D eigenvalue weighted by molar-refractivity contribution is 7.09. The molecule has 3 rings (SSSR count). The molecular weight excluding hydrogens is 238 g/mol. The Morgan fingerprint density at radius 3 is 2.94 bits per heavy atom. The Kier molecular flexibility index (Phi) is 3.48. The number of thiophene rings is 1. The maximum atomic E-state index is 3.53. The molecule has 18 heavy (non-hydrogen) atoms. The predicted octanol–water partition coefficient (Wildman–Crippen LogP) is 3.61. The summed E-state index contributed by atoms with van der Waals surface area (Å²) in [6.07, 6.45) is 3.67. The summed E-state index contributed by atoms with van der Waals surface area (Å²) in [7, 11) is 2.10. The molecule has 2 unspecified atom stereocenters. The van der Waals surface area contributed by atoms with E-state index >= 15 is 0 Å². The monoisotopic (exact) mass is 257 g/mol. The van der Waals surface area contributed by atoms with E-state index in [-0.39, 0.29) is 0 Å². The lowest BCUT2D eigenvalue weighted by Crippen LogP contribution is -2.33. The number of likely N-dealkylation sites (N-methyl/N-ethyl adjacent to an activating group) is 1. The minimum atomic E-state index is 0.562. The Balaban J connectivity index is 1.81. The standard InChI is InChI=1S/C16H19NS/c1-17-16(11-13-6-4-10-18-13)15-9-8-12-5-2-3-7-14(12)15/h2-7,10,15-17H,8-9,11H2,1H3. The first-order valence-electron chi connectivity index (χ1n) is 6.66. The van der Waals surface area contributed by atoms with Gasteiger partial charge in [-0.1, -0.05) is 30.3 Å². The summed E-state index contributed by atoms with van der Waals surface area (Å²) >= 11 is 1.87. The van der Waals surface area contributed by atoms with E-state index in [1.165, 1.54) is 17.7 Å². The van der Waals surface area contributed by atoms with Crippen LogP contribution in [-0.2, 0) is 12.8 Å². The van der Waals surface area contributed by atoms with Gasteiger partial charge in [0.1, 0.15) is 0 Å². The number of aryl methyl sites for hydroxylation is 1. The summed E-state index contributed by atoms with van der Waals surface area (Å²) in [5.41, 5.74) is 3.11. The summed E-state index contributed by atoms with van der Waals surface area (Å²) < 4.78 is 0. The van der Waals surface area contributed by atoms with Crippen LogP contribution in [0.1, 0.15) is 28.3 Å². The molecule has 0 saturated carbocycles. The largest absolute Gasteiger partial charge is 0.316 e. The van der Waals surface area contributed by atoms with E-state index in [0.29, 0.717) is 12.0 Å². The van der Waals surface area contributed by atoms with Crippen molar-refractivity contribution in [1.82, 2.24) is 5.32 Å². The van der Waals surface area contributed by atoms with Crippen LogP contribution in [-0.4, -0.2) is 13.1 Å². The quantitative estimate of drug-likeness (QED) is 0.882. The van der Waals surface area contributed by atoms with Gasteiger partial charge in [0.25, 0.3) is 0 Å². The molecule has 1 aliphatic rings. The second-order valence-corrected chi connectivity index (χ2v) is 6.05. The Labute approximate surface area is 113 Å². The van der Waals surface area contributed by atoms with Gasteiger partial charge in [0.2, 0.25) is 0 Å². The molecule has 1 heterocycles. The third-order valence-electron chi connectivity index (χ3n) is 4.04. The van der Waals surface area contributed by atoms with Crippen molar-refractivity contribution < 1.29 is 0 Å². The fraction of sp³-hybridized carbons (Fsp3) is 0.375. The first-order valence-corrected chi connectivity index (χ1v) is 7.54.